The van der Waals surface area contributed by atoms with Crippen molar-refractivity contribution in [3.05, 3.63) is 17.8 Å². The number of hydrogen-bond acceptors (Lipinski definition) is 2. The van der Waals surface area contributed by atoms with Gasteiger partial charge in [-0.1, -0.05) is 0 Å². The number of nitrogens with two attached hydrogens (primary N) is 1. The van der Waals surface area contributed by atoms with E-state index in [1.54, 1.807) is 0 Å². The average Bonchev–Trinajstić information content (AvgIpc) is 2.34. The minimum atomic E-state index is 0.295. The van der Waals surface area contributed by atoms with Crippen LogP contribution in [-0.2, 0) is 6.42 Å². The molecule has 1 unspecified atom stereocenters. The highest BCUT2D eigenvalue weighted by Gasteiger charge is 2.19. The van der Waals surface area contributed by atoms with Gasteiger partial charge in [-0.25, -0.2) is 0 Å². The lowest BCUT2D eigenvalue weighted by Crippen LogP contribution is -2.41. The molecule has 0 saturated carbocycles. The average molecular weight is 151 g/mol. The van der Waals surface area contributed by atoms with Crippen LogP contribution in [0.1, 0.15) is 5.56 Å². The van der Waals surface area contributed by atoms with Gasteiger partial charge in [0, 0.05) is 25.8 Å². The van der Waals surface area contributed by atoms with Gasteiger partial charge in [-0.15, -0.1) is 0 Å². The summed E-state index contributed by atoms with van der Waals surface area (Å²) in [5.41, 5.74) is 7.18. The predicted octanol–water partition coefficient (Wildman–Crippen LogP) is 0.334. The molecule has 2 heterocycles. The van der Waals surface area contributed by atoms with E-state index in [2.05, 4.69) is 23.0 Å². The highest BCUT2D eigenvalue weighted by molar-refractivity contribution is 5.49. The standard InChI is InChI=1S/C8H13N3/c1-11-5-7(9)4-6-2-3-10-8(6)11/h2-3,7,10H,4-5,9H2,1H3. The Morgan fingerprint density at radius 3 is 3.36 bits per heavy atom. The quantitative estimate of drug-likeness (QED) is 0.561. The zero-order valence-electron chi connectivity index (χ0n) is 6.67. The Kier molecular flexibility index (Phi) is 1.39. The molecular formula is C8H13N3. The Balaban J connectivity index is 2.36. The second-order valence-electron chi connectivity index (χ2n) is 3.20. The van der Waals surface area contributed by atoms with Crippen molar-refractivity contribution < 1.29 is 0 Å². The van der Waals surface area contributed by atoms with Crippen molar-refractivity contribution >= 4 is 5.82 Å². The molecule has 1 aromatic rings. The van der Waals surface area contributed by atoms with E-state index < -0.39 is 0 Å². The Hall–Kier alpha value is -0.960. The number of rotatable bonds is 0. The van der Waals surface area contributed by atoms with Gasteiger partial charge in [0.1, 0.15) is 5.82 Å². The summed E-state index contributed by atoms with van der Waals surface area (Å²) in [7, 11) is 2.06. The van der Waals surface area contributed by atoms with Crippen molar-refractivity contribution in [3.63, 3.8) is 0 Å². The molecule has 0 spiro atoms. The van der Waals surface area contributed by atoms with E-state index in [0.29, 0.717) is 6.04 Å². The van der Waals surface area contributed by atoms with E-state index in [1.165, 1.54) is 11.4 Å². The van der Waals surface area contributed by atoms with Crippen LogP contribution in [0, 0.1) is 0 Å². The van der Waals surface area contributed by atoms with Gasteiger partial charge in [-0.3, -0.25) is 0 Å². The summed E-state index contributed by atoms with van der Waals surface area (Å²) < 4.78 is 0. The molecule has 0 radical (unpaired) electrons. The molecule has 0 aliphatic carbocycles. The summed E-state index contributed by atoms with van der Waals surface area (Å²) in [6, 6.07) is 2.40. The first kappa shape index (κ1) is 6.73. The summed E-state index contributed by atoms with van der Waals surface area (Å²) in [5.74, 6) is 1.23. The number of H-pyrrole nitrogens is 1. The van der Waals surface area contributed by atoms with E-state index in [4.69, 9.17) is 5.73 Å². The lowest BCUT2D eigenvalue weighted by Gasteiger charge is -2.28. The molecule has 60 valence electrons. The number of nitrogens with zero attached hydrogens (tertiary/aromatic N) is 1. The second-order valence-corrected chi connectivity index (χ2v) is 3.20. The van der Waals surface area contributed by atoms with Gasteiger partial charge < -0.3 is 15.6 Å². The van der Waals surface area contributed by atoms with Crippen molar-refractivity contribution in [2.45, 2.75) is 12.5 Å². The molecule has 3 heteroatoms. The van der Waals surface area contributed by atoms with Gasteiger partial charge in [0.15, 0.2) is 0 Å². The number of nitrogens with one attached hydrogen (secondary N) is 1. The van der Waals surface area contributed by atoms with Crippen molar-refractivity contribution in [1.82, 2.24) is 4.98 Å². The molecule has 1 aliphatic heterocycles. The zero-order chi connectivity index (χ0) is 7.84. The Bertz CT molecular complexity index is 254. The minimum absolute atomic E-state index is 0.295. The molecule has 1 atom stereocenters. The van der Waals surface area contributed by atoms with Gasteiger partial charge in [-0.05, 0) is 18.1 Å². The zero-order valence-corrected chi connectivity index (χ0v) is 6.67. The molecular weight excluding hydrogens is 138 g/mol. The fraction of sp³-hybridized carbons (Fsp3) is 0.500. The number of hydrogen-bond donors (Lipinski definition) is 2. The largest absolute Gasteiger partial charge is 0.359 e. The van der Waals surface area contributed by atoms with Gasteiger partial charge >= 0.3 is 0 Å². The Labute approximate surface area is 66.2 Å². The second kappa shape index (κ2) is 2.27. The molecule has 1 aliphatic rings. The highest BCUT2D eigenvalue weighted by Crippen LogP contribution is 2.22. The van der Waals surface area contributed by atoms with Crippen molar-refractivity contribution in [1.29, 1.82) is 0 Å². The molecule has 0 aromatic carbocycles. The molecule has 0 amide bonds. The van der Waals surface area contributed by atoms with Crippen LogP contribution in [0.5, 0.6) is 0 Å². The van der Waals surface area contributed by atoms with E-state index >= 15 is 0 Å². The Morgan fingerprint density at radius 1 is 1.73 bits per heavy atom. The molecule has 3 nitrogen and oxygen atoms in total. The van der Waals surface area contributed by atoms with Crippen LogP contribution in [0.4, 0.5) is 5.82 Å². The van der Waals surface area contributed by atoms with E-state index in [1.807, 2.05) is 6.20 Å². The van der Waals surface area contributed by atoms with Crippen LogP contribution in [-0.4, -0.2) is 24.6 Å². The molecule has 0 bridgehead atoms. The third kappa shape index (κ3) is 1.01. The van der Waals surface area contributed by atoms with Gasteiger partial charge in [0.05, 0.1) is 0 Å². The topological polar surface area (TPSA) is 45.0 Å². The number of likely N-dealkylation sites (N-methyl/N-ethyl adjacent to an activating group) is 1. The molecule has 3 N–H and O–H groups in total. The molecule has 2 rings (SSSR count). The van der Waals surface area contributed by atoms with Crippen LogP contribution in [0.3, 0.4) is 0 Å². The van der Waals surface area contributed by atoms with E-state index in [-0.39, 0.29) is 0 Å². The molecule has 0 saturated heterocycles. The fourth-order valence-corrected chi connectivity index (χ4v) is 1.70. The van der Waals surface area contributed by atoms with Crippen LogP contribution < -0.4 is 10.6 Å². The SMILES string of the molecule is CN1CC(N)Cc2cc[nH]c21. The summed E-state index contributed by atoms with van der Waals surface area (Å²) in [6.07, 6.45) is 2.97. The van der Waals surface area contributed by atoms with Gasteiger partial charge in [-0.2, -0.15) is 0 Å². The maximum atomic E-state index is 5.84. The van der Waals surface area contributed by atoms with Crippen molar-refractivity contribution in [3.8, 4) is 0 Å². The first-order chi connectivity index (χ1) is 5.27. The summed E-state index contributed by atoms with van der Waals surface area (Å²) in [6.45, 7) is 0.952. The normalized spacial score (nSPS) is 23.5. The summed E-state index contributed by atoms with van der Waals surface area (Å²) in [4.78, 5) is 5.37. The number of aromatic nitrogens is 1. The van der Waals surface area contributed by atoms with Gasteiger partial charge in [0.2, 0.25) is 0 Å². The highest BCUT2D eigenvalue weighted by atomic mass is 15.2. The third-order valence-corrected chi connectivity index (χ3v) is 2.18. The summed E-state index contributed by atoms with van der Waals surface area (Å²) in [5, 5.41) is 0. The molecule has 0 fully saturated rings. The van der Waals surface area contributed by atoms with Crippen molar-refractivity contribution in [2.24, 2.45) is 5.73 Å². The fourth-order valence-electron chi connectivity index (χ4n) is 1.70. The maximum absolute atomic E-state index is 5.84. The maximum Gasteiger partial charge on any atom is 0.108 e. The number of anilines is 1. The van der Waals surface area contributed by atoms with E-state index in [9.17, 15) is 0 Å². The summed E-state index contributed by atoms with van der Waals surface area (Å²) >= 11 is 0. The minimum Gasteiger partial charge on any atom is -0.359 e. The first-order valence-electron chi connectivity index (χ1n) is 3.90. The smallest absolute Gasteiger partial charge is 0.108 e. The lowest BCUT2D eigenvalue weighted by atomic mass is 10.0. The van der Waals surface area contributed by atoms with Crippen LogP contribution in [0.15, 0.2) is 12.3 Å². The van der Waals surface area contributed by atoms with Crippen LogP contribution in [0.25, 0.3) is 0 Å². The number of fused-ring (bicyclic) bond motifs is 1. The third-order valence-electron chi connectivity index (χ3n) is 2.18. The molecule has 1 aromatic heterocycles. The van der Waals surface area contributed by atoms with Crippen LogP contribution in [0.2, 0.25) is 0 Å². The first-order valence-corrected chi connectivity index (χ1v) is 3.90. The van der Waals surface area contributed by atoms with Crippen molar-refractivity contribution in [2.75, 3.05) is 18.5 Å². The number of aromatic amines is 1. The molecule has 11 heavy (non-hydrogen) atoms. The Morgan fingerprint density at radius 2 is 2.55 bits per heavy atom. The lowest BCUT2D eigenvalue weighted by molar-refractivity contribution is 0.625. The monoisotopic (exact) mass is 151 g/mol. The van der Waals surface area contributed by atoms with Crippen LogP contribution >= 0.6 is 0 Å². The van der Waals surface area contributed by atoms with E-state index in [0.717, 1.165) is 13.0 Å². The predicted molar refractivity (Wildman–Crippen MR) is 45.7 cm³/mol. The van der Waals surface area contributed by atoms with Gasteiger partial charge in [0.25, 0.3) is 0 Å².